The predicted molar refractivity (Wildman–Crippen MR) is 79.8 cm³/mol. The summed E-state index contributed by atoms with van der Waals surface area (Å²) in [4.78, 5) is 25.7. The van der Waals surface area contributed by atoms with Crippen LogP contribution in [0.3, 0.4) is 0 Å². The van der Waals surface area contributed by atoms with E-state index in [0.717, 1.165) is 51.5 Å². The highest BCUT2D eigenvalue weighted by Gasteiger charge is 2.24. The molecule has 6 nitrogen and oxygen atoms in total. The predicted octanol–water partition coefficient (Wildman–Crippen LogP) is 0.992. The number of aliphatic hydroxyl groups is 1. The van der Waals surface area contributed by atoms with E-state index in [0.29, 0.717) is 0 Å². The Morgan fingerprint density at radius 1 is 1.05 bits per heavy atom. The molecular weight excluding hydrogens is 270 g/mol. The van der Waals surface area contributed by atoms with Crippen LogP contribution in [0.5, 0.6) is 0 Å². The molecule has 2 fully saturated rings. The van der Waals surface area contributed by atoms with Crippen LogP contribution in [0.1, 0.15) is 51.4 Å². The van der Waals surface area contributed by atoms with Gasteiger partial charge in [-0.15, -0.1) is 0 Å². The maximum atomic E-state index is 11.9. The summed E-state index contributed by atoms with van der Waals surface area (Å²) in [6.45, 7) is 1.06. The molecule has 1 atom stereocenters. The van der Waals surface area contributed by atoms with E-state index in [4.69, 9.17) is 0 Å². The van der Waals surface area contributed by atoms with Gasteiger partial charge in [-0.05, 0) is 32.2 Å². The van der Waals surface area contributed by atoms with E-state index in [1.165, 1.54) is 6.42 Å². The third-order valence-electron chi connectivity index (χ3n) is 4.50. The zero-order valence-corrected chi connectivity index (χ0v) is 12.6. The monoisotopic (exact) mass is 297 g/mol. The minimum atomic E-state index is -0.385. The number of hydrogen-bond acceptors (Lipinski definition) is 4. The molecule has 1 aliphatic heterocycles. The molecular formula is C15H27N3O3. The van der Waals surface area contributed by atoms with Gasteiger partial charge in [-0.25, -0.2) is 4.79 Å². The van der Waals surface area contributed by atoms with Gasteiger partial charge in [0, 0.05) is 12.1 Å². The number of aliphatic hydroxyl groups excluding tert-OH is 1. The zero-order valence-electron chi connectivity index (χ0n) is 12.6. The molecule has 6 heteroatoms. The van der Waals surface area contributed by atoms with E-state index in [-0.39, 0.29) is 37.2 Å². The van der Waals surface area contributed by atoms with Crippen molar-refractivity contribution in [2.75, 3.05) is 19.7 Å². The number of piperidine rings is 1. The number of likely N-dealkylation sites (tertiary alicyclic amines) is 1. The Bertz CT molecular complexity index is 356. The fourth-order valence-corrected chi connectivity index (χ4v) is 3.29. The number of nitrogens with zero attached hydrogens (tertiary/aromatic N) is 1. The molecule has 2 rings (SSSR count). The van der Waals surface area contributed by atoms with Crippen LogP contribution in [0.4, 0.5) is 4.79 Å². The SMILES string of the molecule is O=C(CN1CCCCC1CO)NC(=O)NC1CCCCC1. The number of urea groups is 1. The third-order valence-corrected chi connectivity index (χ3v) is 4.50. The summed E-state index contributed by atoms with van der Waals surface area (Å²) < 4.78 is 0. The summed E-state index contributed by atoms with van der Waals surface area (Å²) in [5.74, 6) is -0.288. The van der Waals surface area contributed by atoms with Crippen molar-refractivity contribution in [3.05, 3.63) is 0 Å². The molecule has 3 amide bonds. The lowest BCUT2D eigenvalue weighted by Gasteiger charge is -2.33. The number of rotatable bonds is 4. The van der Waals surface area contributed by atoms with Gasteiger partial charge in [0.05, 0.1) is 13.2 Å². The van der Waals surface area contributed by atoms with Crippen molar-refractivity contribution in [1.29, 1.82) is 0 Å². The van der Waals surface area contributed by atoms with Crippen LogP contribution in [-0.2, 0) is 4.79 Å². The molecule has 0 aromatic heterocycles. The first-order valence-corrected chi connectivity index (χ1v) is 8.14. The Kier molecular flexibility index (Phi) is 6.45. The summed E-state index contributed by atoms with van der Waals surface area (Å²) in [6.07, 6.45) is 8.56. The minimum absolute atomic E-state index is 0.0471. The van der Waals surface area contributed by atoms with Gasteiger partial charge in [0.1, 0.15) is 0 Å². The van der Waals surface area contributed by atoms with Gasteiger partial charge in [0.25, 0.3) is 0 Å². The normalized spacial score (nSPS) is 24.5. The molecule has 120 valence electrons. The molecule has 3 N–H and O–H groups in total. The number of amides is 3. The Hall–Kier alpha value is -1.14. The lowest BCUT2D eigenvalue weighted by atomic mass is 9.96. The third kappa shape index (κ3) is 5.28. The molecule has 1 unspecified atom stereocenters. The lowest BCUT2D eigenvalue weighted by molar-refractivity contribution is -0.122. The van der Waals surface area contributed by atoms with Gasteiger partial charge >= 0.3 is 6.03 Å². The average molecular weight is 297 g/mol. The van der Waals surface area contributed by atoms with E-state index in [2.05, 4.69) is 10.6 Å². The summed E-state index contributed by atoms with van der Waals surface area (Å²) in [6, 6.07) is -0.137. The van der Waals surface area contributed by atoms with Gasteiger partial charge < -0.3 is 10.4 Å². The molecule has 1 heterocycles. The smallest absolute Gasteiger partial charge is 0.321 e. The number of imide groups is 1. The van der Waals surface area contributed by atoms with Crippen molar-refractivity contribution in [1.82, 2.24) is 15.5 Å². The first-order valence-electron chi connectivity index (χ1n) is 8.14. The summed E-state index contributed by atoms with van der Waals surface area (Å²) in [7, 11) is 0. The highest BCUT2D eigenvalue weighted by Crippen LogP contribution is 2.17. The van der Waals surface area contributed by atoms with Crippen molar-refractivity contribution >= 4 is 11.9 Å². The first-order chi connectivity index (χ1) is 10.2. The second-order valence-corrected chi connectivity index (χ2v) is 6.16. The standard InChI is InChI=1S/C15H27N3O3/c19-11-13-8-4-5-9-18(13)10-14(20)17-15(21)16-12-6-2-1-3-7-12/h12-13,19H,1-11H2,(H2,16,17,20,21). The lowest BCUT2D eigenvalue weighted by Crippen LogP contribution is -2.51. The highest BCUT2D eigenvalue weighted by atomic mass is 16.3. The van der Waals surface area contributed by atoms with Crippen molar-refractivity contribution in [2.45, 2.75) is 63.5 Å². The maximum Gasteiger partial charge on any atom is 0.321 e. The van der Waals surface area contributed by atoms with Crippen molar-refractivity contribution in [2.24, 2.45) is 0 Å². The fourth-order valence-electron chi connectivity index (χ4n) is 3.29. The van der Waals surface area contributed by atoms with Crippen LogP contribution in [0, 0.1) is 0 Å². The second-order valence-electron chi connectivity index (χ2n) is 6.16. The van der Waals surface area contributed by atoms with Crippen molar-refractivity contribution in [3.63, 3.8) is 0 Å². The van der Waals surface area contributed by atoms with Gasteiger partial charge in [-0.3, -0.25) is 15.0 Å². The summed E-state index contributed by atoms with van der Waals surface area (Å²) in [5, 5.41) is 14.6. The van der Waals surface area contributed by atoms with Crippen molar-refractivity contribution in [3.8, 4) is 0 Å². The Morgan fingerprint density at radius 3 is 2.48 bits per heavy atom. The molecule has 1 saturated heterocycles. The molecule has 0 aromatic rings. The number of carbonyl (C=O) groups is 2. The molecule has 21 heavy (non-hydrogen) atoms. The number of hydrogen-bond donors (Lipinski definition) is 3. The first kappa shape index (κ1) is 16.2. The van der Waals surface area contributed by atoms with Crippen LogP contribution in [0.15, 0.2) is 0 Å². The summed E-state index contributed by atoms with van der Waals surface area (Å²) >= 11 is 0. The van der Waals surface area contributed by atoms with Crippen molar-refractivity contribution < 1.29 is 14.7 Å². The minimum Gasteiger partial charge on any atom is -0.395 e. The quantitative estimate of drug-likeness (QED) is 0.723. The van der Waals surface area contributed by atoms with Crippen LogP contribution >= 0.6 is 0 Å². The number of nitrogens with one attached hydrogen (secondary N) is 2. The van der Waals surface area contributed by atoms with E-state index < -0.39 is 0 Å². The van der Waals surface area contributed by atoms with Crippen LogP contribution in [0.2, 0.25) is 0 Å². The molecule has 1 saturated carbocycles. The molecule has 0 aromatic carbocycles. The molecule has 0 radical (unpaired) electrons. The van der Waals surface area contributed by atoms with E-state index in [1.807, 2.05) is 4.90 Å². The van der Waals surface area contributed by atoms with Gasteiger partial charge in [-0.1, -0.05) is 25.7 Å². The molecule has 0 spiro atoms. The van der Waals surface area contributed by atoms with E-state index in [9.17, 15) is 14.7 Å². The number of carbonyl (C=O) groups excluding carboxylic acids is 2. The average Bonchev–Trinajstić information content (AvgIpc) is 2.48. The topological polar surface area (TPSA) is 81.7 Å². The fraction of sp³-hybridized carbons (Fsp3) is 0.867. The molecule has 1 aliphatic carbocycles. The Morgan fingerprint density at radius 2 is 1.76 bits per heavy atom. The van der Waals surface area contributed by atoms with Crippen LogP contribution in [-0.4, -0.2) is 53.7 Å². The Balaban J connectivity index is 1.71. The molecule has 0 bridgehead atoms. The van der Waals surface area contributed by atoms with E-state index in [1.54, 1.807) is 0 Å². The molecule has 2 aliphatic rings. The van der Waals surface area contributed by atoms with Crippen LogP contribution in [0.25, 0.3) is 0 Å². The van der Waals surface area contributed by atoms with Gasteiger partial charge in [0.15, 0.2) is 0 Å². The highest BCUT2D eigenvalue weighted by molar-refractivity contribution is 5.95. The Labute approximate surface area is 126 Å². The largest absolute Gasteiger partial charge is 0.395 e. The van der Waals surface area contributed by atoms with Crippen LogP contribution < -0.4 is 10.6 Å². The van der Waals surface area contributed by atoms with Gasteiger partial charge in [-0.2, -0.15) is 0 Å². The maximum absolute atomic E-state index is 11.9. The zero-order chi connectivity index (χ0) is 15.1. The van der Waals surface area contributed by atoms with Gasteiger partial charge in [0.2, 0.25) is 5.91 Å². The van der Waals surface area contributed by atoms with E-state index >= 15 is 0 Å². The second kappa shape index (κ2) is 8.34. The summed E-state index contributed by atoms with van der Waals surface area (Å²) in [5.41, 5.74) is 0.